The smallest absolute Gasteiger partial charge is 0.337 e. The lowest BCUT2D eigenvalue weighted by Gasteiger charge is -2.05. The molecule has 0 N–H and O–H groups in total. The Morgan fingerprint density at radius 2 is 1.88 bits per heavy atom. The third kappa shape index (κ3) is 5.23. The number of ether oxygens (including phenoxy) is 2. The molecule has 5 nitrogen and oxygen atoms in total. The molecule has 1 saturated carbocycles. The maximum absolute atomic E-state index is 11.5. The van der Waals surface area contributed by atoms with Gasteiger partial charge in [0, 0.05) is 17.0 Å². The third-order valence-electron chi connectivity index (χ3n) is 5.26. The molecule has 166 valence electrons. The monoisotopic (exact) mass is 471 g/mol. The van der Waals surface area contributed by atoms with Gasteiger partial charge in [0.15, 0.2) is 0 Å². The van der Waals surface area contributed by atoms with E-state index in [-0.39, 0.29) is 5.97 Å². The summed E-state index contributed by atoms with van der Waals surface area (Å²) >= 11 is 12.8. The van der Waals surface area contributed by atoms with Crippen LogP contribution in [0.25, 0.3) is 17.3 Å². The molecule has 7 heteroatoms. The van der Waals surface area contributed by atoms with E-state index in [0.717, 1.165) is 36.1 Å². The van der Waals surface area contributed by atoms with Crippen molar-refractivity contribution in [3.63, 3.8) is 0 Å². The van der Waals surface area contributed by atoms with Crippen molar-refractivity contribution in [2.75, 3.05) is 13.7 Å². The van der Waals surface area contributed by atoms with Crippen molar-refractivity contribution in [3.8, 4) is 11.3 Å². The fourth-order valence-corrected chi connectivity index (χ4v) is 3.99. The number of nitrogens with zero attached hydrogens (tertiary/aromatic N) is 1. The van der Waals surface area contributed by atoms with Gasteiger partial charge >= 0.3 is 5.97 Å². The van der Waals surface area contributed by atoms with Crippen LogP contribution in [0, 0.1) is 0 Å². The van der Waals surface area contributed by atoms with Crippen LogP contribution in [0.2, 0.25) is 10.0 Å². The number of esters is 1. The van der Waals surface area contributed by atoms with Gasteiger partial charge in [-0.3, -0.25) is 0 Å². The molecular formula is C25H23Cl2NO4. The Morgan fingerprint density at radius 3 is 2.53 bits per heavy atom. The number of carbonyl (C=O) groups excluding carboxylic acids is 1. The summed E-state index contributed by atoms with van der Waals surface area (Å²) in [6.07, 6.45) is 7.00. The lowest BCUT2D eigenvalue weighted by Crippen LogP contribution is -2.01. The standard InChI is InChI=1S/C25H23Cl2NO4/c1-30-25(29)18-10-8-16(9-11-18)15-31-14-3-2-5-19-23(28-32-24(19)17-12-13-17)22-20(26)6-4-7-21(22)27/h2,4-11,17H,3,12-15H2,1H3/b5-2+. The first-order valence-corrected chi connectivity index (χ1v) is 11.2. The van der Waals surface area contributed by atoms with Gasteiger partial charge in [0.25, 0.3) is 0 Å². The molecule has 2 aromatic carbocycles. The molecule has 4 rings (SSSR count). The van der Waals surface area contributed by atoms with Crippen molar-refractivity contribution in [3.05, 3.63) is 81.0 Å². The summed E-state index contributed by atoms with van der Waals surface area (Å²) in [6, 6.07) is 12.6. The van der Waals surface area contributed by atoms with E-state index in [9.17, 15) is 4.79 Å². The Kier molecular flexibility index (Phi) is 7.30. The van der Waals surface area contributed by atoms with Crippen molar-refractivity contribution < 1.29 is 18.8 Å². The van der Waals surface area contributed by atoms with Crippen LogP contribution in [0.15, 0.2) is 53.1 Å². The van der Waals surface area contributed by atoms with E-state index in [1.165, 1.54) is 7.11 Å². The van der Waals surface area contributed by atoms with Crippen molar-refractivity contribution in [2.45, 2.75) is 31.8 Å². The largest absolute Gasteiger partial charge is 0.465 e. The highest BCUT2D eigenvalue weighted by molar-refractivity contribution is 6.39. The molecule has 32 heavy (non-hydrogen) atoms. The predicted molar refractivity (Wildman–Crippen MR) is 125 cm³/mol. The number of hydrogen-bond acceptors (Lipinski definition) is 5. The van der Waals surface area contributed by atoms with Gasteiger partial charge in [0.2, 0.25) is 0 Å². The van der Waals surface area contributed by atoms with E-state index >= 15 is 0 Å². The number of aromatic nitrogens is 1. The molecule has 0 radical (unpaired) electrons. The van der Waals surface area contributed by atoms with Crippen LogP contribution in [-0.4, -0.2) is 24.8 Å². The quantitative estimate of drug-likeness (QED) is 0.250. The molecule has 0 unspecified atom stereocenters. The zero-order valence-electron chi connectivity index (χ0n) is 17.6. The lowest BCUT2D eigenvalue weighted by atomic mass is 10.0. The van der Waals surface area contributed by atoms with E-state index in [1.54, 1.807) is 24.3 Å². The first-order valence-electron chi connectivity index (χ1n) is 10.4. The molecule has 0 bridgehead atoms. The lowest BCUT2D eigenvalue weighted by molar-refractivity contribution is 0.0600. The number of rotatable bonds is 9. The van der Waals surface area contributed by atoms with Gasteiger partial charge in [0.05, 0.1) is 35.9 Å². The Bertz CT molecular complexity index is 1100. The van der Waals surface area contributed by atoms with Crippen LogP contribution < -0.4 is 0 Å². The van der Waals surface area contributed by atoms with Crippen LogP contribution >= 0.6 is 23.2 Å². The molecule has 1 aliphatic rings. The van der Waals surface area contributed by atoms with Gasteiger partial charge in [-0.1, -0.05) is 58.7 Å². The SMILES string of the molecule is COC(=O)c1ccc(COCC/C=C/c2c(-c3c(Cl)cccc3Cl)noc2C2CC2)cc1. The highest BCUT2D eigenvalue weighted by atomic mass is 35.5. The fourth-order valence-electron chi connectivity index (χ4n) is 3.41. The number of hydrogen-bond donors (Lipinski definition) is 0. The average molecular weight is 472 g/mol. The van der Waals surface area contributed by atoms with Crippen LogP contribution in [0.3, 0.4) is 0 Å². The van der Waals surface area contributed by atoms with E-state index in [0.29, 0.717) is 46.0 Å². The summed E-state index contributed by atoms with van der Waals surface area (Å²) < 4.78 is 16.1. The molecule has 3 aromatic rings. The van der Waals surface area contributed by atoms with E-state index in [2.05, 4.69) is 5.16 Å². The Morgan fingerprint density at radius 1 is 1.16 bits per heavy atom. The summed E-state index contributed by atoms with van der Waals surface area (Å²) in [5.74, 6) is 0.944. The Balaban J connectivity index is 1.37. The molecule has 1 aliphatic carbocycles. The first-order chi connectivity index (χ1) is 15.6. The minimum atomic E-state index is -0.348. The number of carbonyl (C=O) groups is 1. The zero-order chi connectivity index (χ0) is 22.5. The zero-order valence-corrected chi connectivity index (χ0v) is 19.2. The summed E-state index contributed by atoms with van der Waals surface area (Å²) in [4.78, 5) is 11.5. The minimum Gasteiger partial charge on any atom is -0.465 e. The second-order valence-electron chi connectivity index (χ2n) is 7.61. The van der Waals surface area contributed by atoms with E-state index in [1.807, 2.05) is 30.4 Å². The Labute approximate surface area is 196 Å². The fraction of sp³-hybridized carbons (Fsp3) is 0.280. The van der Waals surface area contributed by atoms with Crippen LogP contribution in [0.5, 0.6) is 0 Å². The molecular weight excluding hydrogens is 449 g/mol. The molecule has 1 fully saturated rings. The maximum Gasteiger partial charge on any atom is 0.337 e. The van der Waals surface area contributed by atoms with E-state index < -0.39 is 0 Å². The summed E-state index contributed by atoms with van der Waals surface area (Å²) in [6.45, 7) is 1.03. The minimum absolute atomic E-state index is 0.348. The first kappa shape index (κ1) is 22.6. The molecule has 0 spiro atoms. The predicted octanol–water partition coefficient (Wildman–Crippen LogP) is 6.93. The van der Waals surface area contributed by atoms with Crippen molar-refractivity contribution in [1.29, 1.82) is 0 Å². The average Bonchev–Trinajstić information content (AvgIpc) is 3.57. The van der Waals surface area contributed by atoms with Crippen molar-refractivity contribution in [2.24, 2.45) is 0 Å². The van der Waals surface area contributed by atoms with Crippen LogP contribution in [0.1, 0.15) is 52.4 Å². The number of halogens is 2. The van der Waals surface area contributed by atoms with Crippen LogP contribution in [-0.2, 0) is 16.1 Å². The molecule has 0 atom stereocenters. The molecule has 0 amide bonds. The number of benzene rings is 2. The van der Waals surface area contributed by atoms with Gasteiger partial charge in [-0.15, -0.1) is 0 Å². The van der Waals surface area contributed by atoms with Crippen LogP contribution in [0.4, 0.5) is 0 Å². The van der Waals surface area contributed by atoms with E-state index in [4.69, 9.17) is 37.2 Å². The summed E-state index contributed by atoms with van der Waals surface area (Å²) in [5, 5.41) is 5.38. The van der Waals surface area contributed by atoms with Crippen molar-refractivity contribution in [1.82, 2.24) is 5.16 Å². The van der Waals surface area contributed by atoms with Gasteiger partial charge < -0.3 is 14.0 Å². The summed E-state index contributed by atoms with van der Waals surface area (Å²) in [7, 11) is 1.37. The Hall–Kier alpha value is -2.60. The summed E-state index contributed by atoms with van der Waals surface area (Å²) in [5.41, 5.74) is 3.81. The maximum atomic E-state index is 11.5. The molecule has 1 aromatic heterocycles. The highest BCUT2D eigenvalue weighted by Crippen LogP contribution is 2.46. The highest BCUT2D eigenvalue weighted by Gasteiger charge is 2.32. The van der Waals surface area contributed by atoms with Crippen molar-refractivity contribution >= 4 is 35.2 Å². The van der Waals surface area contributed by atoms with Gasteiger partial charge in [-0.25, -0.2) is 4.79 Å². The van der Waals surface area contributed by atoms with Gasteiger partial charge in [-0.05, 0) is 49.1 Å². The van der Waals surface area contributed by atoms with Gasteiger partial charge in [-0.2, -0.15) is 0 Å². The second-order valence-corrected chi connectivity index (χ2v) is 8.43. The second kappa shape index (κ2) is 10.3. The topological polar surface area (TPSA) is 61.6 Å². The normalized spacial score (nSPS) is 13.6. The molecule has 0 aliphatic heterocycles. The number of methoxy groups -OCH3 is 1. The molecule has 1 heterocycles. The molecule has 0 saturated heterocycles. The van der Waals surface area contributed by atoms with Gasteiger partial charge in [0.1, 0.15) is 11.5 Å². The third-order valence-corrected chi connectivity index (χ3v) is 5.89.